The minimum Gasteiger partial charge on any atom is -0.355 e. The largest absolute Gasteiger partial charge is 0.355 e. The number of rotatable bonds is 4. The van der Waals surface area contributed by atoms with Gasteiger partial charge in [-0.05, 0) is 43.9 Å². The van der Waals surface area contributed by atoms with Crippen molar-refractivity contribution in [2.75, 3.05) is 11.9 Å². The van der Waals surface area contributed by atoms with Gasteiger partial charge in [-0.1, -0.05) is 27.7 Å². The first kappa shape index (κ1) is 14.4. The molecule has 0 amide bonds. The standard InChI is InChI=1S/C16H29N3/c1-11(2)9-17-16-18-14(5)10-19(16)15-7-6-12(3)8-13(15)4/h10-13,15H,6-9H2,1-5H3,(H,17,18). The molecule has 3 atom stereocenters. The number of nitrogens with one attached hydrogen (secondary N) is 1. The third-order valence-corrected chi connectivity index (χ3v) is 4.26. The monoisotopic (exact) mass is 263 g/mol. The second-order valence-electron chi connectivity index (χ2n) is 6.85. The van der Waals surface area contributed by atoms with Crippen LogP contribution in [0, 0.1) is 24.7 Å². The maximum Gasteiger partial charge on any atom is 0.203 e. The Hall–Kier alpha value is -0.990. The van der Waals surface area contributed by atoms with Gasteiger partial charge in [-0.3, -0.25) is 0 Å². The maximum absolute atomic E-state index is 4.66. The summed E-state index contributed by atoms with van der Waals surface area (Å²) in [5.74, 6) is 3.34. The Morgan fingerprint density at radius 3 is 2.74 bits per heavy atom. The molecular weight excluding hydrogens is 234 g/mol. The van der Waals surface area contributed by atoms with Crippen molar-refractivity contribution in [3.8, 4) is 0 Å². The lowest BCUT2D eigenvalue weighted by molar-refractivity contribution is 0.209. The Morgan fingerprint density at radius 2 is 2.11 bits per heavy atom. The SMILES string of the molecule is Cc1cn(C2CCC(C)CC2C)c(NCC(C)C)n1. The summed E-state index contributed by atoms with van der Waals surface area (Å²) in [5.41, 5.74) is 1.12. The van der Waals surface area contributed by atoms with E-state index in [0.717, 1.165) is 30.0 Å². The average molecular weight is 263 g/mol. The van der Waals surface area contributed by atoms with Crippen molar-refractivity contribution in [1.82, 2.24) is 9.55 Å². The van der Waals surface area contributed by atoms with E-state index < -0.39 is 0 Å². The first-order valence-corrected chi connectivity index (χ1v) is 7.76. The van der Waals surface area contributed by atoms with Gasteiger partial charge >= 0.3 is 0 Å². The molecule has 1 aliphatic carbocycles. The van der Waals surface area contributed by atoms with E-state index in [1.165, 1.54) is 19.3 Å². The normalized spacial score (nSPS) is 27.8. The molecule has 0 spiro atoms. The highest BCUT2D eigenvalue weighted by molar-refractivity contribution is 5.30. The number of hydrogen-bond donors (Lipinski definition) is 1. The molecule has 108 valence electrons. The van der Waals surface area contributed by atoms with Gasteiger partial charge in [-0.25, -0.2) is 4.98 Å². The van der Waals surface area contributed by atoms with Crippen LogP contribution >= 0.6 is 0 Å². The number of anilines is 1. The summed E-state index contributed by atoms with van der Waals surface area (Å²) < 4.78 is 2.40. The molecule has 1 N–H and O–H groups in total. The van der Waals surface area contributed by atoms with Crippen LogP contribution in [-0.2, 0) is 0 Å². The quantitative estimate of drug-likeness (QED) is 0.879. The van der Waals surface area contributed by atoms with Crippen molar-refractivity contribution < 1.29 is 0 Å². The van der Waals surface area contributed by atoms with Gasteiger partial charge < -0.3 is 9.88 Å². The molecular formula is C16H29N3. The minimum absolute atomic E-state index is 0.618. The van der Waals surface area contributed by atoms with Gasteiger partial charge in [-0.2, -0.15) is 0 Å². The summed E-state index contributed by atoms with van der Waals surface area (Å²) in [6, 6.07) is 0.618. The average Bonchev–Trinajstić information content (AvgIpc) is 2.67. The van der Waals surface area contributed by atoms with Gasteiger partial charge in [0, 0.05) is 18.8 Å². The van der Waals surface area contributed by atoms with E-state index in [-0.39, 0.29) is 0 Å². The van der Waals surface area contributed by atoms with Crippen LogP contribution in [0.5, 0.6) is 0 Å². The number of aromatic nitrogens is 2. The smallest absolute Gasteiger partial charge is 0.203 e. The van der Waals surface area contributed by atoms with Gasteiger partial charge in [0.15, 0.2) is 0 Å². The number of aryl methyl sites for hydroxylation is 1. The molecule has 3 nitrogen and oxygen atoms in total. The first-order valence-electron chi connectivity index (χ1n) is 7.76. The molecule has 0 saturated heterocycles. The van der Waals surface area contributed by atoms with Crippen molar-refractivity contribution in [3.63, 3.8) is 0 Å². The van der Waals surface area contributed by atoms with Gasteiger partial charge in [0.05, 0.1) is 5.69 Å². The van der Waals surface area contributed by atoms with Crippen LogP contribution < -0.4 is 5.32 Å². The molecule has 0 aliphatic heterocycles. The van der Waals surface area contributed by atoms with Crippen LogP contribution in [0.2, 0.25) is 0 Å². The van der Waals surface area contributed by atoms with Gasteiger partial charge in [0.25, 0.3) is 0 Å². The van der Waals surface area contributed by atoms with Gasteiger partial charge in [-0.15, -0.1) is 0 Å². The lowest BCUT2D eigenvalue weighted by Gasteiger charge is -2.34. The summed E-state index contributed by atoms with van der Waals surface area (Å²) in [7, 11) is 0. The highest BCUT2D eigenvalue weighted by atomic mass is 15.2. The summed E-state index contributed by atoms with van der Waals surface area (Å²) in [5, 5.41) is 3.51. The van der Waals surface area contributed by atoms with Crippen LogP contribution in [0.4, 0.5) is 5.95 Å². The molecule has 1 aromatic heterocycles. The molecule has 19 heavy (non-hydrogen) atoms. The summed E-state index contributed by atoms with van der Waals surface area (Å²) >= 11 is 0. The molecule has 1 saturated carbocycles. The fourth-order valence-corrected chi connectivity index (χ4v) is 3.26. The molecule has 0 bridgehead atoms. The molecule has 1 heterocycles. The minimum atomic E-state index is 0.618. The van der Waals surface area contributed by atoms with Crippen molar-refractivity contribution in [3.05, 3.63) is 11.9 Å². The van der Waals surface area contributed by atoms with Crippen molar-refractivity contribution in [2.45, 2.75) is 59.9 Å². The van der Waals surface area contributed by atoms with E-state index in [4.69, 9.17) is 0 Å². The number of hydrogen-bond acceptors (Lipinski definition) is 2. The third-order valence-electron chi connectivity index (χ3n) is 4.26. The van der Waals surface area contributed by atoms with E-state index in [2.05, 4.69) is 55.7 Å². The molecule has 2 rings (SSSR count). The fourth-order valence-electron chi connectivity index (χ4n) is 3.26. The van der Waals surface area contributed by atoms with E-state index in [1.54, 1.807) is 0 Å². The van der Waals surface area contributed by atoms with Crippen LogP contribution in [0.15, 0.2) is 6.20 Å². The fraction of sp³-hybridized carbons (Fsp3) is 0.812. The zero-order chi connectivity index (χ0) is 14.0. The first-order chi connectivity index (χ1) is 8.97. The Morgan fingerprint density at radius 1 is 1.37 bits per heavy atom. The summed E-state index contributed by atoms with van der Waals surface area (Å²) in [6.07, 6.45) is 6.19. The van der Waals surface area contributed by atoms with Crippen molar-refractivity contribution in [2.24, 2.45) is 17.8 Å². The number of nitrogens with zero attached hydrogens (tertiary/aromatic N) is 2. The zero-order valence-corrected chi connectivity index (χ0v) is 13.1. The van der Waals surface area contributed by atoms with E-state index in [9.17, 15) is 0 Å². The van der Waals surface area contributed by atoms with E-state index in [1.807, 2.05) is 0 Å². The predicted molar refractivity (Wildman–Crippen MR) is 81.5 cm³/mol. The highest BCUT2D eigenvalue weighted by Gasteiger charge is 2.28. The van der Waals surface area contributed by atoms with Gasteiger partial charge in [0.1, 0.15) is 0 Å². The highest BCUT2D eigenvalue weighted by Crippen LogP contribution is 2.38. The Kier molecular flexibility index (Phi) is 4.54. The third kappa shape index (κ3) is 3.52. The summed E-state index contributed by atoms with van der Waals surface area (Å²) in [4.78, 5) is 4.66. The molecule has 1 aromatic rings. The van der Waals surface area contributed by atoms with E-state index in [0.29, 0.717) is 12.0 Å². The van der Waals surface area contributed by atoms with Crippen LogP contribution in [0.3, 0.4) is 0 Å². The Bertz CT molecular complexity index is 408. The van der Waals surface area contributed by atoms with Crippen molar-refractivity contribution in [1.29, 1.82) is 0 Å². The van der Waals surface area contributed by atoms with Crippen molar-refractivity contribution >= 4 is 5.95 Å². The molecule has 1 fully saturated rings. The van der Waals surface area contributed by atoms with E-state index >= 15 is 0 Å². The second-order valence-corrected chi connectivity index (χ2v) is 6.85. The predicted octanol–water partition coefficient (Wildman–Crippen LogP) is 4.26. The molecule has 1 aliphatic rings. The topological polar surface area (TPSA) is 29.9 Å². The lowest BCUT2D eigenvalue weighted by Crippen LogP contribution is -2.26. The Balaban J connectivity index is 2.14. The van der Waals surface area contributed by atoms with Crippen LogP contribution in [-0.4, -0.2) is 16.1 Å². The maximum atomic E-state index is 4.66. The Labute approximate surface area is 117 Å². The second kappa shape index (κ2) is 5.98. The molecule has 3 unspecified atom stereocenters. The van der Waals surface area contributed by atoms with Crippen LogP contribution in [0.1, 0.15) is 58.7 Å². The lowest BCUT2D eigenvalue weighted by atomic mass is 9.80. The number of imidazole rings is 1. The molecule has 0 aromatic carbocycles. The van der Waals surface area contributed by atoms with Gasteiger partial charge in [0.2, 0.25) is 5.95 Å². The zero-order valence-electron chi connectivity index (χ0n) is 13.1. The molecule has 3 heteroatoms. The molecule has 0 radical (unpaired) electrons. The summed E-state index contributed by atoms with van der Waals surface area (Å²) in [6.45, 7) is 12.3. The van der Waals surface area contributed by atoms with Crippen LogP contribution in [0.25, 0.3) is 0 Å².